The van der Waals surface area contributed by atoms with E-state index in [-0.39, 0.29) is 24.2 Å². The summed E-state index contributed by atoms with van der Waals surface area (Å²) in [5.41, 5.74) is 0.815. The first-order chi connectivity index (χ1) is 9.19. The molecule has 0 aliphatic carbocycles. The molecule has 1 amide bonds. The Kier molecular flexibility index (Phi) is 6.92. The number of benzene rings is 1. The lowest BCUT2D eigenvalue weighted by atomic mass is 10.0. The van der Waals surface area contributed by atoms with Crippen LogP contribution in [0.2, 0.25) is 0 Å². The Morgan fingerprint density at radius 1 is 1.42 bits per heavy atom. The van der Waals surface area contributed by atoms with Gasteiger partial charge in [0.05, 0.1) is 13.2 Å². The summed E-state index contributed by atoms with van der Waals surface area (Å²) in [5.74, 6) is 0.174. The van der Waals surface area contributed by atoms with E-state index in [4.69, 9.17) is 4.74 Å². The van der Waals surface area contributed by atoms with E-state index in [1.165, 1.54) is 0 Å². The Labute approximate surface area is 114 Å². The predicted molar refractivity (Wildman–Crippen MR) is 74.0 cm³/mol. The van der Waals surface area contributed by atoms with Crippen molar-refractivity contribution in [2.24, 2.45) is 0 Å². The molecule has 106 valence electrons. The first-order valence-electron chi connectivity index (χ1n) is 6.46. The molecule has 1 unspecified atom stereocenters. The van der Waals surface area contributed by atoms with Crippen molar-refractivity contribution in [3.05, 3.63) is 29.8 Å². The van der Waals surface area contributed by atoms with Crippen molar-refractivity contribution in [3.8, 4) is 5.75 Å². The highest BCUT2D eigenvalue weighted by Gasteiger charge is 2.13. The number of nitrogens with one attached hydrogen (secondary N) is 2. The van der Waals surface area contributed by atoms with E-state index in [2.05, 4.69) is 10.6 Å². The molecule has 3 N–H and O–H groups in total. The Hall–Kier alpha value is -1.59. The van der Waals surface area contributed by atoms with Crippen molar-refractivity contribution in [1.82, 2.24) is 10.6 Å². The number of hydrogen-bond donors (Lipinski definition) is 3. The maximum atomic E-state index is 11.6. The van der Waals surface area contributed by atoms with Crippen molar-refractivity contribution in [2.45, 2.75) is 19.4 Å². The maximum absolute atomic E-state index is 11.6. The van der Waals surface area contributed by atoms with E-state index in [1.54, 1.807) is 19.2 Å². The van der Waals surface area contributed by atoms with Crippen LogP contribution in [0.5, 0.6) is 5.75 Å². The largest absolute Gasteiger partial charge is 0.508 e. The molecule has 0 radical (unpaired) electrons. The Morgan fingerprint density at radius 2 is 2.16 bits per heavy atom. The van der Waals surface area contributed by atoms with E-state index in [9.17, 15) is 9.90 Å². The molecule has 5 heteroatoms. The first-order valence-corrected chi connectivity index (χ1v) is 6.46. The van der Waals surface area contributed by atoms with Crippen LogP contribution in [-0.4, -0.2) is 37.8 Å². The summed E-state index contributed by atoms with van der Waals surface area (Å²) < 4.78 is 4.86. The molecule has 1 aromatic carbocycles. The van der Waals surface area contributed by atoms with Crippen LogP contribution < -0.4 is 10.6 Å². The standard InChI is InChI=1S/C14H22N2O3/c1-3-12(11-6-4-5-7-13(11)17)16-10-14(18)15-8-9-19-2/h4-7,12,16-17H,3,8-10H2,1-2H3,(H,15,18). The fourth-order valence-electron chi connectivity index (χ4n) is 1.83. The van der Waals surface area contributed by atoms with Gasteiger partial charge in [0.2, 0.25) is 5.91 Å². The Morgan fingerprint density at radius 3 is 2.79 bits per heavy atom. The summed E-state index contributed by atoms with van der Waals surface area (Å²) >= 11 is 0. The maximum Gasteiger partial charge on any atom is 0.234 e. The second-order valence-corrected chi connectivity index (χ2v) is 4.24. The molecule has 0 aliphatic rings. The van der Waals surface area contributed by atoms with Gasteiger partial charge in [-0.1, -0.05) is 25.1 Å². The van der Waals surface area contributed by atoms with Crippen LogP contribution in [0.15, 0.2) is 24.3 Å². The van der Waals surface area contributed by atoms with Crippen molar-refractivity contribution < 1.29 is 14.6 Å². The normalized spacial score (nSPS) is 12.1. The van der Waals surface area contributed by atoms with Gasteiger partial charge >= 0.3 is 0 Å². The minimum Gasteiger partial charge on any atom is -0.508 e. The molecule has 1 rings (SSSR count). The quantitative estimate of drug-likeness (QED) is 0.618. The summed E-state index contributed by atoms with van der Waals surface area (Å²) in [7, 11) is 1.59. The van der Waals surface area contributed by atoms with Crippen LogP contribution in [-0.2, 0) is 9.53 Å². The van der Waals surface area contributed by atoms with E-state index in [1.807, 2.05) is 19.1 Å². The summed E-state index contributed by atoms with van der Waals surface area (Å²) in [6.07, 6.45) is 0.795. The number of phenols is 1. The third kappa shape index (κ3) is 5.28. The van der Waals surface area contributed by atoms with Crippen LogP contribution >= 0.6 is 0 Å². The zero-order chi connectivity index (χ0) is 14.1. The molecule has 0 fully saturated rings. The zero-order valence-corrected chi connectivity index (χ0v) is 11.5. The monoisotopic (exact) mass is 266 g/mol. The number of phenolic OH excluding ortho intramolecular Hbond substituents is 1. The number of hydrogen-bond acceptors (Lipinski definition) is 4. The second-order valence-electron chi connectivity index (χ2n) is 4.24. The lowest BCUT2D eigenvalue weighted by molar-refractivity contribution is -0.120. The number of carbonyl (C=O) groups excluding carboxylic acids is 1. The number of carbonyl (C=O) groups is 1. The average Bonchev–Trinajstić information content (AvgIpc) is 2.41. The number of para-hydroxylation sites is 1. The predicted octanol–water partition coefficient (Wildman–Crippen LogP) is 1.20. The minimum atomic E-state index is -0.0779. The average molecular weight is 266 g/mol. The fraction of sp³-hybridized carbons (Fsp3) is 0.500. The van der Waals surface area contributed by atoms with Gasteiger partial charge < -0.3 is 20.5 Å². The van der Waals surface area contributed by atoms with Crippen molar-refractivity contribution in [2.75, 3.05) is 26.8 Å². The van der Waals surface area contributed by atoms with Crippen LogP contribution in [0.1, 0.15) is 24.9 Å². The second kappa shape index (κ2) is 8.50. The molecule has 0 bridgehead atoms. The minimum absolute atomic E-state index is 0.0330. The summed E-state index contributed by atoms with van der Waals surface area (Å²) in [6.45, 7) is 3.23. The van der Waals surface area contributed by atoms with E-state index >= 15 is 0 Å². The van der Waals surface area contributed by atoms with Gasteiger partial charge in [0.15, 0.2) is 0 Å². The van der Waals surface area contributed by atoms with E-state index < -0.39 is 0 Å². The van der Waals surface area contributed by atoms with Crippen molar-refractivity contribution >= 4 is 5.91 Å². The smallest absolute Gasteiger partial charge is 0.234 e. The van der Waals surface area contributed by atoms with Gasteiger partial charge in [-0.15, -0.1) is 0 Å². The van der Waals surface area contributed by atoms with Crippen LogP contribution in [0.3, 0.4) is 0 Å². The van der Waals surface area contributed by atoms with Gasteiger partial charge in [0.25, 0.3) is 0 Å². The molecule has 1 aromatic rings. The summed E-state index contributed by atoms with van der Waals surface area (Å²) in [4.78, 5) is 11.6. The molecule has 0 spiro atoms. The zero-order valence-electron chi connectivity index (χ0n) is 11.5. The molecular formula is C14H22N2O3. The van der Waals surface area contributed by atoms with E-state index in [0.29, 0.717) is 13.2 Å². The Balaban J connectivity index is 2.45. The number of ether oxygens (including phenoxy) is 1. The molecule has 5 nitrogen and oxygen atoms in total. The van der Waals surface area contributed by atoms with Gasteiger partial charge in [-0.3, -0.25) is 4.79 Å². The summed E-state index contributed by atoms with van der Waals surface area (Å²) in [5, 5.41) is 15.7. The fourth-order valence-corrected chi connectivity index (χ4v) is 1.83. The highest BCUT2D eigenvalue weighted by molar-refractivity contribution is 5.78. The first kappa shape index (κ1) is 15.5. The molecule has 0 aromatic heterocycles. The molecule has 19 heavy (non-hydrogen) atoms. The lowest BCUT2D eigenvalue weighted by Crippen LogP contribution is -2.37. The Bertz CT molecular complexity index is 396. The van der Waals surface area contributed by atoms with Crippen LogP contribution in [0.4, 0.5) is 0 Å². The highest BCUT2D eigenvalue weighted by Crippen LogP contribution is 2.25. The molecule has 0 heterocycles. The molecule has 0 aliphatic heterocycles. The number of amides is 1. The molecular weight excluding hydrogens is 244 g/mol. The topological polar surface area (TPSA) is 70.6 Å². The van der Waals surface area contributed by atoms with Crippen molar-refractivity contribution in [1.29, 1.82) is 0 Å². The van der Waals surface area contributed by atoms with Gasteiger partial charge in [-0.25, -0.2) is 0 Å². The number of rotatable bonds is 8. The lowest BCUT2D eigenvalue weighted by Gasteiger charge is -2.18. The van der Waals surface area contributed by atoms with Crippen LogP contribution in [0, 0.1) is 0 Å². The van der Waals surface area contributed by atoms with Gasteiger partial charge in [0, 0.05) is 25.3 Å². The third-order valence-corrected chi connectivity index (χ3v) is 2.86. The van der Waals surface area contributed by atoms with Gasteiger partial charge in [-0.2, -0.15) is 0 Å². The number of aromatic hydroxyl groups is 1. The van der Waals surface area contributed by atoms with Gasteiger partial charge in [-0.05, 0) is 12.5 Å². The third-order valence-electron chi connectivity index (χ3n) is 2.86. The SMILES string of the molecule is CCC(NCC(=O)NCCOC)c1ccccc1O. The van der Waals surface area contributed by atoms with E-state index in [0.717, 1.165) is 12.0 Å². The molecule has 0 saturated carbocycles. The summed E-state index contributed by atoms with van der Waals surface area (Å²) in [6, 6.07) is 7.13. The highest BCUT2D eigenvalue weighted by atomic mass is 16.5. The molecule has 1 atom stereocenters. The number of methoxy groups -OCH3 is 1. The van der Waals surface area contributed by atoms with Crippen LogP contribution in [0.25, 0.3) is 0 Å². The van der Waals surface area contributed by atoms with Gasteiger partial charge in [0.1, 0.15) is 5.75 Å². The van der Waals surface area contributed by atoms with Crippen molar-refractivity contribution in [3.63, 3.8) is 0 Å². The molecule has 0 saturated heterocycles.